The monoisotopic (exact) mass is 259 g/mol. The van der Waals surface area contributed by atoms with Gasteiger partial charge in [-0.2, -0.15) is 0 Å². The van der Waals surface area contributed by atoms with Crippen LogP contribution in [0.5, 0.6) is 0 Å². The van der Waals surface area contributed by atoms with Crippen LogP contribution in [0.4, 0.5) is 0 Å². The molecule has 0 saturated heterocycles. The summed E-state index contributed by atoms with van der Waals surface area (Å²) in [5.41, 5.74) is 3.33. The predicted octanol–water partition coefficient (Wildman–Crippen LogP) is 2.83. The Bertz CT molecular complexity index is 410. The number of hydrogen-bond donors (Lipinski definition) is 3. The van der Waals surface area contributed by atoms with E-state index in [9.17, 15) is 0 Å². The highest BCUT2D eigenvalue weighted by Crippen LogP contribution is 2.14. The van der Waals surface area contributed by atoms with E-state index in [1.165, 1.54) is 18.2 Å². The second-order valence-electron chi connectivity index (χ2n) is 4.50. The average molecular weight is 259 g/mol. The fourth-order valence-electron chi connectivity index (χ4n) is 1.86. The molecular formula is C16H25N3. The van der Waals surface area contributed by atoms with Gasteiger partial charge in [0.1, 0.15) is 0 Å². The minimum atomic E-state index is 0.873. The van der Waals surface area contributed by atoms with Crippen LogP contribution in [0, 0.1) is 5.41 Å². The van der Waals surface area contributed by atoms with Gasteiger partial charge in [0.25, 0.3) is 0 Å². The summed E-state index contributed by atoms with van der Waals surface area (Å²) in [7, 11) is 0. The second kappa shape index (κ2) is 9.34. The molecule has 3 heteroatoms. The van der Waals surface area contributed by atoms with E-state index in [2.05, 4.69) is 41.8 Å². The SMILES string of the molecule is CCCNCCc1cccc(/C(C=N)=C/NCC)c1. The van der Waals surface area contributed by atoms with E-state index >= 15 is 0 Å². The van der Waals surface area contributed by atoms with Crippen molar-refractivity contribution in [1.29, 1.82) is 5.41 Å². The van der Waals surface area contributed by atoms with Gasteiger partial charge < -0.3 is 16.0 Å². The van der Waals surface area contributed by atoms with Crippen LogP contribution in [-0.4, -0.2) is 25.8 Å². The molecule has 1 rings (SSSR count). The summed E-state index contributed by atoms with van der Waals surface area (Å²) in [5.74, 6) is 0. The van der Waals surface area contributed by atoms with Crippen LogP contribution in [0.3, 0.4) is 0 Å². The molecule has 1 aromatic rings. The van der Waals surface area contributed by atoms with Crippen LogP contribution in [0.1, 0.15) is 31.4 Å². The van der Waals surface area contributed by atoms with Gasteiger partial charge in [-0.3, -0.25) is 0 Å². The number of nitrogens with one attached hydrogen (secondary N) is 3. The molecule has 104 valence electrons. The van der Waals surface area contributed by atoms with E-state index in [1.807, 2.05) is 13.1 Å². The predicted molar refractivity (Wildman–Crippen MR) is 83.7 cm³/mol. The fraction of sp³-hybridized carbons (Fsp3) is 0.438. The smallest absolute Gasteiger partial charge is 0.0270 e. The highest BCUT2D eigenvalue weighted by atomic mass is 14.8. The Balaban J connectivity index is 2.67. The first-order chi connectivity index (χ1) is 9.31. The summed E-state index contributed by atoms with van der Waals surface area (Å²) in [6.07, 6.45) is 5.50. The molecule has 0 heterocycles. The summed E-state index contributed by atoms with van der Waals surface area (Å²) >= 11 is 0. The zero-order valence-corrected chi connectivity index (χ0v) is 12.0. The summed E-state index contributed by atoms with van der Waals surface area (Å²) in [4.78, 5) is 0. The molecule has 0 fully saturated rings. The molecule has 0 atom stereocenters. The van der Waals surface area contributed by atoms with Crippen molar-refractivity contribution in [2.45, 2.75) is 26.7 Å². The quantitative estimate of drug-likeness (QED) is 0.472. The highest BCUT2D eigenvalue weighted by molar-refractivity contribution is 6.08. The lowest BCUT2D eigenvalue weighted by atomic mass is 10.0. The zero-order chi connectivity index (χ0) is 13.9. The molecule has 0 spiro atoms. The lowest BCUT2D eigenvalue weighted by Crippen LogP contribution is -2.17. The van der Waals surface area contributed by atoms with Crippen LogP contribution in [0.2, 0.25) is 0 Å². The van der Waals surface area contributed by atoms with Crippen molar-refractivity contribution in [2.24, 2.45) is 0 Å². The normalized spacial score (nSPS) is 11.4. The molecule has 0 aliphatic carbocycles. The van der Waals surface area contributed by atoms with Crippen molar-refractivity contribution in [3.05, 3.63) is 41.6 Å². The van der Waals surface area contributed by atoms with E-state index in [1.54, 1.807) is 0 Å². The van der Waals surface area contributed by atoms with Gasteiger partial charge in [0.2, 0.25) is 0 Å². The molecule has 0 aliphatic heterocycles. The van der Waals surface area contributed by atoms with Gasteiger partial charge in [-0.1, -0.05) is 31.2 Å². The Labute approximate surface area is 116 Å². The van der Waals surface area contributed by atoms with Crippen LogP contribution in [0.25, 0.3) is 5.57 Å². The van der Waals surface area contributed by atoms with Gasteiger partial charge in [-0.25, -0.2) is 0 Å². The van der Waals surface area contributed by atoms with Gasteiger partial charge >= 0.3 is 0 Å². The molecule has 0 unspecified atom stereocenters. The molecule has 0 radical (unpaired) electrons. The van der Waals surface area contributed by atoms with E-state index in [0.717, 1.165) is 37.2 Å². The van der Waals surface area contributed by atoms with Crippen LogP contribution in [0.15, 0.2) is 30.5 Å². The van der Waals surface area contributed by atoms with E-state index in [-0.39, 0.29) is 0 Å². The van der Waals surface area contributed by atoms with Crippen molar-refractivity contribution in [1.82, 2.24) is 10.6 Å². The van der Waals surface area contributed by atoms with E-state index in [4.69, 9.17) is 5.41 Å². The minimum Gasteiger partial charge on any atom is -0.391 e. The first-order valence-electron chi connectivity index (χ1n) is 7.05. The molecule has 0 aromatic heterocycles. The molecule has 0 aliphatic rings. The number of rotatable bonds is 9. The Morgan fingerprint density at radius 2 is 2.11 bits per heavy atom. The molecule has 19 heavy (non-hydrogen) atoms. The van der Waals surface area contributed by atoms with Crippen LogP contribution < -0.4 is 10.6 Å². The summed E-state index contributed by atoms with van der Waals surface area (Å²) in [6.45, 7) is 7.18. The van der Waals surface area contributed by atoms with Crippen LogP contribution in [-0.2, 0) is 6.42 Å². The zero-order valence-electron chi connectivity index (χ0n) is 12.0. The van der Waals surface area contributed by atoms with Crippen molar-refractivity contribution in [2.75, 3.05) is 19.6 Å². The fourth-order valence-corrected chi connectivity index (χ4v) is 1.86. The topological polar surface area (TPSA) is 47.9 Å². The van der Waals surface area contributed by atoms with Crippen molar-refractivity contribution in [3.63, 3.8) is 0 Å². The molecular weight excluding hydrogens is 234 g/mol. The van der Waals surface area contributed by atoms with Gasteiger partial charge in [0.15, 0.2) is 0 Å². The van der Waals surface area contributed by atoms with Gasteiger partial charge in [-0.15, -0.1) is 0 Å². The Morgan fingerprint density at radius 3 is 2.79 bits per heavy atom. The van der Waals surface area contributed by atoms with Crippen molar-refractivity contribution in [3.8, 4) is 0 Å². The summed E-state index contributed by atoms with van der Waals surface area (Å²) in [6, 6.07) is 8.43. The van der Waals surface area contributed by atoms with Gasteiger partial charge in [-0.05, 0) is 44.0 Å². The van der Waals surface area contributed by atoms with Gasteiger partial charge in [0.05, 0.1) is 0 Å². The standard InChI is InChI=1S/C16H25N3/c1-3-9-19-10-8-14-6-5-7-15(11-14)16(12-17)13-18-4-2/h5-7,11-13,17-19H,3-4,8-10H2,1-2H3/b16-13+,17-12?. The van der Waals surface area contributed by atoms with Crippen molar-refractivity contribution >= 4 is 11.8 Å². The third-order valence-corrected chi connectivity index (χ3v) is 2.89. The maximum atomic E-state index is 7.49. The largest absolute Gasteiger partial charge is 0.391 e. The van der Waals surface area contributed by atoms with E-state index in [0.29, 0.717) is 0 Å². The lowest BCUT2D eigenvalue weighted by Gasteiger charge is -2.07. The third kappa shape index (κ3) is 5.71. The molecule has 0 amide bonds. The minimum absolute atomic E-state index is 0.873. The summed E-state index contributed by atoms with van der Waals surface area (Å²) < 4.78 is 0. The summed E-state index contributed by atoms with van der Waals surface area (Å²) in [5, 5.41) is 14.1. The van der Waals surface area contributed by atoms with Gasteiger partial charge in [0, 0.05) is 24.5 Å². The maximum absolute atomic E-state index is 7.49. The molecule has 0 saturated carbocycles. The first-order valence-corrected chi connectivity index (χ1v) is 7.05. The molecule has 3 nitrogen and oxygen atoms in total. The number of hydrogen-bond acceptors (Lipinski definition) is 3. The highest BCUT2D eigenvalue weighted by Gasteiger charge is 2.00. The molecule has 1 aromatic carbocycles. The Morgan fingerprint density at radius 1 is 1.26 bits per heavy atom. The lowest BCUT2D eigenvalue weighted by molar-refractivity contribution is 0.671. The van der Waals surface area contributed by atoms with E-state index < -0.39 is 0 Å². The Kier molecular flexibility index (Phi) is 7.59. The average Bonchev–Trinajstić information content (AvgIpc) is 2.45. The number of allylic oxidation sites excluding steroid dienone is 1. The van der Waals surface area contributed by atoms with Crippen LogP contribution >= 0.6 is 0 Å². The Hall–Kier alpha value is -1.61. The first kappa shape index (κ1) is 15.4. The maximum Gasteiger partial charge on any atom is 0.0270 e. The number of benzene rings is 1. The third-order valence-electron chi connectivity index (χ3n) is 2.89. The molecule has 3 N–H and O–H groups in total. The molecule has 0 bridgehead atoms. The van der Waals surface area contributed by atoms with Crippen molar-refractivity contribution < 1.29 is 0 Å². The second-order valence-corrected chi connectivity index (χ2v) is 4.50.